The topological polar surface area (TPSA) is 67.6 Å². The molecule has 0 unspecified atom stereocenters. The van der Waals surface area contributed by atoms with Crippen LogP contribution in [0, 0.1) is 5.82 Å². The maximum absolute atomic E-state index is 12.9. The van der Waals surface area contributed by atoms with E-state index in [2.05, 4.69) is 15.2 Å². The zero-order chi connectivity index (χ0) is 11.1. The van der Waals surface area contributed by atoms with Gasteiger partial charge >= 0.3 is 0 Å². The van der Waals surface area contributed by atoms with Crippen molar-refractivity contribution in [3.63, 3.8) is 0 Å². The summed E-state index contributed by atoms with van der Waals surface area (Å²) in [5, 5.41) is 7.00. The van der Waals surface area contributed by atoms with E-state index >= 15 is 0 Å². The summed E-state index contributed by atoms with van der Waals surface area (Å²) in [4.78, 5) is 4.36. The van der Waals surface area contributed by atoms with Gasteiger partial charge in [-0.2, -0.15) is 5.10 Å². The Labute approximate surface area is 91.7 Å². The van der Waals surface area contributed by atoms with Crippen LogP contribution in [0.3, 0.4) is 0 Å². The molecule has 82 valence electrons. The Balaban J connectivity index is 2.00. The van der Waals surface area contributed by atoms with E-state index in [1.54, 1.807) is 6.07 Å². The molecule has 1 fully saturated rings. The molecule has 2 aromatic rings. The number of nitrogen functional groups attached to an aromatic ring is 1. The van der Waals surface area contributed by atoms with Gasteiger partial charge in [0.2, 0.25) is 0 Å². The second-order valence-electron chi connectivity index (χ2n) is 4.05. The molecule has 3 N–H and O–H groups in total. The number of hydrogen-bond acceptors (Lipinski definition) is 3. The molecule has 3 rings (SSSR count). The molecule has 4 nitrogen and oxygen atoms in total. The van der Waals surface area contributed by atoms with Crippen LogP contribution in [0.5, 0.6) is 0 Å². The van der Waals surface area contributed by atoms with Crippen LogP contribution in [-0.2, 0) is 0 Å². The first-order chi connectivity index (χ1) is 7.74. The van der Waals surface area contributed by atoms with E-state index < -0.39 is 0 Å². The monoisotopic (exact) mass is 218 g/mol. The Hall–Kier alpha value is -1.91. The van der Waals surface area contributed by atoms with Gasteiger partial charge in [-0.15, -0.1) is 0 Å². The van der Waals surface area contributed by atoms with Crippen molar-refractivity contribution in [1.29, 1.82) is 0 Å². The second-order valence-corrected chi connectivity index (χ2v) is 4.05. The number of nitrogens with two attached hydrogens (primary N) is 1. The molecule has 5 heteroatoms. The highest BCUT2D eigenvalue weighted by Gasteiger charge is 2.27. The molecule has 1 aromatic heterocycles. The average Bonchev–Trinajstić information content (AvgIpc) is 2.98. The lowest BCUT2D eigenvalue weighted by Crippen LogP contribution is -1.92. The number of nitrogens with zero attached hydrogens (tertiary/aromatic N) is 2. The lowest BCUT2D eigenvalue weighted by molar-refractivity contribution is 0.628. The summed E-state index contributed by atoms with van der Waals surface area (Å²) in [5.41, 5.74) is 6.75. The predicted molar refractivity (Wildman–Crippen MR) is 58.2 cm³/mol. The number of anilines is 1. The normalized spacial score (nSPS) is 15.3. The first-order valence-electron chi connectivity index (χ1n) is 5.22. The summed E-state index contributed by atoms with van der Waals surface area (Å²) in [7, 11) is 0. The lowest BCUT2D eigenvalue weighted by Gasteiger charge is -2.00. The van der Waals surface area contributed by atoms with Crippen molar-refractivity contribution in [3.05, 3.63) is 29.8 Å². The van der Waals surface area contributed by atoms with Gasteiger partial charge < -0.3 is 5.73 Å². The van der Waals surface area contributed by atoms with Crippen LogP contribution < -0.4 is 5.73 Å². The van der Waals surface area contributed by atoms with Crippen LogP contribution in [0.15, 0.2) is 18.2 Å². The summed E-state index contributed by atoms with van der Waals surface area (Å²) >= 11 is 0. The smallest absolute Gasteiger partial charge is 0.183 e. The third-order valence-corrected chi connectivity index (χ3v) is 2.72. The molecule has 0 saturated heterocycles. The summed E-state index contributed by atoms with van der Waals surface area (Å²) in [6.07, 6.45) is 2.32. The van der Waals surface area contributed by atoms with Crippen LogP contribution in [0.1, 0.15) is 24.6 Å². The zero-order valence-corrected chi connectivity index (χ0v) is 8.57. The highest BCUT2D eigenvalue weighted by atomic mass is 19.1. The van der Waals surface area contributed by atoms with Crippen molar-refractivity contribution in [2.45, 2.75) is 18.8 Å². The molecule has 0 spiro atoms. The van der Waals surface area contributed by atoms with Gasteiger partial charge in [-0.05, 0) is 31.0 Å². The molecule has 1 heterocycles. The van der Waals surface area contributed by atoms with Gasteiger partial charge in [0.1, 0.15) is 11.6 Å². The number of benzene rings is 1. The average molecular weight is 218 g/mol. The molecule has 1 saturated carbocycles. The number of aromatic amines is 1. The van der Waals surface area contributed by atoms with Gasteiger partial charge in [0.25, 0.3) is 0 Å². The fourth-order valence-corrected chi connectivity index (χ4v) is 1.67. The van der Waals surface area contributed by atoms with Crippen LogP contribution in [0.25, 0.3) is 11.4 Å². The highest BCUT2D eigenvalue weighted by Crippen LogP contribution is 2.38. The first kappa shape index (κ1) is 9.33. The molecule has 0 bridgehead atoms. The van der Waals surface area contributed by atoms with Crippen molar-refractivity contribution >= 4 is 5.69 Å². The molecule has 0 radical (unpaired) electrons. The van der Waals surface area contributed by atoms with E-state index in [0.29, 0.717) is 23.0 Å². The third kappa shape index (κ3) is 1.54. The molecule has 1 aromatic carbocycles. The largest absolute Gasteiger partial charge is 0.398 e. The second kappa shape index (κ2) is 3.30. The van der Waals surface area contributed by atoms with Gasteiger partial charge in [0.15, 0.2) is 5.82 Å². The number of H-pyrrole nitrogens is 1. The fourth-order valence-electron chi connectivity index (χ4n) is 1.67. The standard InChI is InChI=1S/C11H11FN4/c12-7-3-4-8(9(13)5-7)11-14-10(15-16-11)6-1-2-6/h3-6H,1-2,13H2,(H,14,15,16). The molecule has 1 aliphatic carbocycles. The highest BCUT2D eigenvalue weighted by molar-refractivity contribution is 5.71. The van der Waals surface area contributed by atoms with E-state index in [-0.39, 0.29) is 5.82 Å². The molecule has 1 aliphatic rings. The maximum Gasteiger partial charge on any atom is 0.183 e. The molecular formula is C11H11FN4. The Morgan fingerprint density at radius 2 is 2.19 bits per heavy atom. The summed E-state index contributed by atoms with van der Waals surface area (Å²) in [5.74, 6) is 1.61. The summed E-state index contributed by atoms with van der Waals surface area (Å²) < 4.78 is 12.9. The maximum atomic E-state index is 12.9. The Bertz CT molecular complexity index is 531. The van der Waals surface area contributed by atoms with Gasteiger partial charge in [0, 0.05) is 17.2 Å². The number of rotatable bonds is 2. The van der Waals surface area contributed by atoms with Gasteiger partial charge in [-0.25, -0.2) is 9.37 Å². The van der Waals surface area contributed by atoms with Crippen molar-refractivity contribution in [3.8, 4) is 11.4 Å². The molecule has 0 amide bonds. The number of hydrogen-bond donors (Lipinski definition) is 2. The molecule has 16 heavy (non-hydrogen) atoms. The number of aromatic nitrogens is 3. The van der Waals surface area contributed by atoms with Crippen molar-refractivity contribution < 1.29 is 4.39 Å². The van der Waals surface area contributed by atoms with Crippen molar-refractivity contribution in [1.82, 2.24) is 15.2 Å². The van der Waals surface area contributed by atoms with Crippen LogP contribution >= 0.6 is 0 Å². The minimum Gasteiger partial charge on any atom is -0.398 e. The molecule has 0 aliphatic heterocycles. The first-order valence-corrected chi connectivity index (χ1v) is 5.22. The number of halogens is 1. The van der Waals surface area contributed by atoms with Crippen molar-refractivity contribution in [2.75, 3.05) is 5.73 Å². The lowest BCUT2D eigenvalue weighted by atomic mass is 10.1. The SMILES string of the molecule is Nc1cc(F)ccc1-c1n[nH]c(C2CC2)n1. The minimum absolute atomic E-state index is 0.348. The summed E-state index contributed by atoms with van der Waals surface area (Å²) in [6.45, 7) is 0. The molecule has 0 atom stereocenters. The van der Waals surface area contributed by atoms with E-state index in [4.69, 9.17) is 5.73 Å². The van der Waals surface area contributed by atoms with Crippen molar-refractivity contribution in [2.24, 2.45) is 0 Å². The van der Waals surface area contributed by atoms with Crippen LogP contribution in [0.2, 0.25) is 0 Å². The Morgan fingerprint density at radius 3 is 2.88 bits per heavy atom. The number of nitrogens with one attached hydrogen (secondary N) is 1. The van der Waals surface area contributed by atoms with E-state index in [1.165, 1.54) is 12.1 Å². The molecular weight excluding hydrogens is 207 g/mol. The minimum atomic E-state index is -0.348. The predicted octanol–water partition coefficient (Wildman–Crippen LogP) is 2.07. The van der Waals surface area contributed by atoms with E-state index in [0.717, 1.165) is 18.7 Å². The van der Waals surface area contributed by atoms with Gasteiger partial charge in [-0.3, -0.25) is 5.10 Å². The van der Waals surface area contributed by atoms with E-state index in [1.807, 2.05) is 0 Å². The van der Waals surface area contributed by atoms with E-state index in [9.17, 15) is 4.39 Å². The Morgan fingerprint density at radius 1 is 1.38 bits per heavy atom. The quantitative estimate of drug-likeness (QED) is 0.758. The van der Waals surface area contributed by atoms with Gasteiger partial charge in [0.05, 0.1) is 0 Å². The van der Waals surface area contributed by atoms with Gasteiger partial charge in [-0.1, -0.05) is 0 Å². The third-order valence-electron chi connectivity index (χ3n) is 2.72. The van der Waals surface area contributed by atoms with Crippen LogP contribution in [0.4, 0.5) is 10.1 Å². The fraction of sp³-hybridized carbons (Fsp3) is 0.273. The summed E-state index contributed by atoms with van der Waals surface area (Å²) in [6, 6.07) is 4.24. The Kier molecular flexibility index (Phi) is 1.92. The zero-order valence-electron chi connectivity index (χ0n) is 8.57. The van der Waals surface area contributed by atoms with Crippen LogP contribution in [-0.4, -0.2) is 15.2 Å².